The number of likely N-dealkylation sites (tertiary alicyclic amines) is 1. The maximum atomic E-state index is 4.23. The molecule has 0 saturated carbocycles. The third-order valence-corrected chi connectivity index (χ3v) is 4.29. The summed E-state index contributed by atoms with van der Waals surface area (Å²) in [5.74, 6) is 0.971. The highest BCUT2D eigenvalue weighted by Crippen LogP contribution is 2.20. The summed E-state index contributed by atoms with van der Waals surface area (Å²) in [6.45, 7) is 5.88. The lowest BCUT2D eigenvalue weighted by atomic mass is 10.0. The Morgan fingerprint density at radius 2 is 2.27 bits per heavy atom. The Morgan fingerprint density at radius 1 is 1.32 bits per heavy atom. The number of hydrogen-bond donors (Lipinski definition) is 0. The Kier molecular flexibility index (Phi) is 5.10. The smallest absolute Gasteiger partial charge is 0.165 e. The first kappa shape index (κ1) is 15.1. The Hall–Kier alpha value is -1.83. The van der Waals surface area contributed by atoms with Crippen LogP contribution in [0.25, 0.3) is 0 Å². The number of tetrazole rings is 1. The SMILES string of the molecule is CCCCn1nnnc1CN1CCCC[C@@H]1Cn1cncn1. The van der Waals surface area contributed by atoms with Crippen molar-refractivity contribution >= 4 is 0 Å². The molecule has 8 heteroatoms. The van der Waals surface area contributed by atoms with Crippen LogP contribution in [-0.4, -0.2) is 52.5 Å². The number of hydrogen-bond acceptors (Lipinski definition) is 6. The van der Waals surface area contributed by atoms with Gasteiger partial charge in [0, 0.05) is 12.6 Å². The van der Waals surface area contributed by atoms with E-state index in [1.807, 2.05) is 9.36 Å². The number of rotatable bonds is 7. The molecule has 0 aliphatic carbocycles. The molecule has 120 valence electrons. The van der Waals surface area contributed by atoms with Crippen molar-refractivity contribution in [3.63, 3.8) is 0 Å². The Bertz CT molecular complexity index is 549. The summed E-state index contributed by atoms with van der Waals surface area (Å²) >= 11 is 0. The van der Waals surface area contributed by atoms with E-state index in [-0.39, 0.29) is 0 Å². The average Bonchev–Trinajstić information content (AvgIpc) is 3.19. The van der Waals surface area contributed by atoms with Gasteiger partial charge in [-0.05, 0) is 36.2 Å². The molecular weight excluding hydrogens is 280 g/mol. The van der Waals surface area contributed by atoms with Gasteiger partial charge in [0.1, 0.15) is 12.7 Å². The summed E-state index contributed by atoms with van der Waals surface area (Å²) in [7, 11) is 0. The molecule has 2 aromatic heterocycles. The van der Waals surface area contributed by atoms with Crippen molar-refractivity contribution in [3.8, 4) is 0 Å². The number of piperidine rings is 1. The fourth-order valence-electron chi connectivity index (χ4n) is 3.02. The van der Waals surface area contributed by atoms with Crippen LogP contribution in [0.4, 0.5) is 0 Å². The molecule has 1 atom stereocenters. The summed E-state index contributed by atoms with van der Waals surface area (Å²) < 4.78 is 3.87. The number of nitrogens with zero attached hydrogens (tertiary/aromatic N) is 8. The zero-order valence-corrected chi connectivity index (χ0v) is 13.2. The summed E-state index contributed by atoms with van der Waals surface area (Å²) in [5.41, 5.74) is 0. The van der Waals surface area contributed by atoms with Crippen LogP contribution in [-0.2, 0) is 19.6 Å². The van der Waals surface area contributed by atoms with E-state index in [0.717, 1.165) is 44.8 Å². The van der Waals surface area contributed by atoms with Crippen molar-refractivity contribution in [1.82, 2.24) is 39.9 Å². The fourth-order valence-corrected chi connectivity index (χ4v) is 3.02. The predicted molar refractivity (Wildman–Crippen MR) is 80.8 cm³/mol. The van der Waals surface area contributed by atoms with E-state index < -0.39 is 0 Å². The number of unbranched alkanes of at least 4 members (excludes halogenated alkanes) is 1. The summed E-state index contributed by atoms with van der Waals surface area (Å²) in [5, 5.41) is 16.4. The van der Waals surface area contributed by atoms with Crippen molar-refractivity contribution in [2.75, 3.05) is 6.54 Å². The van der Waals surface area contributed by atoms with Gasteiger partial charge in [0.15, 0.2) is 5.82 Å². The van der Waals surface area contributed by atoms with Crippen LogP contribution in [0.1, 0.15) is 44.9 Å². The lowest BCUT2D eigenvalue weighted by Crippen LogP contribution is -2.42. The first-order valence-corrected chi connectivity index (χ1v) is 8.18. The molecule has 3 rings (SSSR count). The van der Waals surface area contributed by atoms with E-state index >= 15 is 0 Å². The topological polar surface area (TPSA) is 77.5 Å². The highest BCUT2D eigenvalue weighted by atomic mass is 15.5. The summed E-state index contributed by atoms with van der Waals surface area (Å²) in [6.07, 6.45) is 9.35. The van der Waals surface area contributed by atoms with Gasteiger partial charge in [0.25, 0.3) is 0 Å². The average molecular weight is 304 g/mol. The largest absolute Gasteiger partial charge is 0.291 e. The zero-order chi connectivity index (χ0) is 15.2. The van der Waals surface area contributed by atoms with Gasteiger partial charge < -0.3 is 0 Å². The second-order valence-electron chi connectivity index (χ2n) is 5.91. The van der Waals surface area contributed by atoms with E-state index in [9.17, 15) is 0 Å². The minimum Gasteiger partial charge on any atom is -0.291 e. The maximum Gasteiger partial charge on any atom is 0.165 e. The Balaban J connectivity index is 1.65. The molecule has 0 radical (unpaired) electrons. The molecule has 0 amide bonds. The second-order valence-corrected chi connectivity index (χ2v) is 5.91. The van der Waals surface area contributed by atoms with Crippen LogP contribution < -0.4 is 0 Å². The van der Waals surface area contributed by atoms with Crippen molar-refractivity contribution in [2.24, 2.45) is 0 Å². The number of aromatic nitrogens is 7. The minimum atomic E-state index is 0.478. The Labute approximate surface area is 130 Å². The van der Waals surface area contributed by atoms with Crippen molar-refractivity contribution in [3.05, 3.63) is 18.5 Å². The lowest BCUT2D eigenvalue weighted by Gasteiger charge is -2.35. The van der Waals surface area contributed by atoms with Gasteiger partial charge in [-0.2, -0.15) is 5.10 Å². The van der Waals surface area contributed by atoms with E-state index in [1.165, 1.54) is 19.3 Å². The van der Waals surface area contributed by atoms with Gasteiger partial charge >= 0.3 is 0 Å². The first-order chi connectivity index (χ1) is 10.9. The van der Waals surface area contributed by atoms with Gasteiger partial charge in [0.05, 0.1) is 13.1 Å². The van der Waals surface area contributed by atoms with E-state index in [0.29, 0.717) is 6.04 Å². The lowest BCUT2D eigenvalue weighted by molar-refractivity contribution is 0.116. The molecular formula is C14H24N8. The molecule has 8 nitrogen and oxygen atoms in total. The highest BCUT2D eigenvalue weighted by Gasteiger charge is 2.24. The van der Waals surface area contributed by atoms with E-state index in [1.54, 1.807) is 12.7 Å². The quantitative estimate of drug-likeness (QED) is 0.763. The molecule has 0 spiro atoms. The van der Waals surface area contributed by atoms with Gasteiger partial charge in [-0.1, -0.05) is 19.8 Å². The van der Waals surface area contributed by atoms with Gasteiger partial charge in [-0.3, -0.25) is 9.58 Å². The normalized spacial score (nSPS) is 19.6. The van der Waals surface area contributed by atoms with Crippen LogP contribution in [0.5, 0.6) is 0 Å². The van der Waals surface area contributed by atoms with E-state index in [4.69, 9.17) is 0 Å². The Morgan fingerprint density at radius 3 is 3.09 bits per heavy atom. The zero-order valence-electron chi connectivity index (χ0n) is 13.2. The minimum absolute atomic E-state index is 0.478. The van der Waals surface area contributed by atoms with E-state index in [2.05, 4.69) is 37.4 Å². The predicted octanol–water partition coefficient (Wildman–Crippen LogP) is 1.12. The van der Waals surface area contributed by atoms with Crippen LogP contribution >= 0.6 is 0 Å². The molecule has 0 unspecified atom stereocenters. The monoisotopic (exact) mass is 304 g/mol. The van der Waals surface area contributed by atoms with Crippen LogP contribution in [0.15, 0.2) is 12.7 Å². The molecule has 1 aliphatic heterocycles. The number of aryl methyl sites for hydroxylation is 1. The third kappa shape index (κ3) is 3.68. The van der Waals surface area contributed by atoms with Crippen LogP contribution in [0.3, 0.4) is 0 Å². The standard InChI is InChI=1S/C14H24N8/c1-2-3-8-22-14(17-18-19-22)10-20-7-5-4-6-13(20)9-21-12-15-11-16-21/h11-13H,2-10H2,1H3/t13-/m1/s1. The third-order valence-electron chi connectivity index (χ3n) is 4.29. The molecule has 0 N–H and O–H groups in total. The van der Waals surface area contributed by atoms with Crippen LogP contribution in [0, 0.1) is 0 Å². The molecule has 2 aromatic rings. The fraction of sp³-hybridized carbons (Fsp3) is 0.786. The van der Waals surface area contributed by atoms with Gasteiger partial charge in [-0.15, -0.1) is 5.10 Å². The van der Waals surface area contributed by atoms with Gasteiger partial charge in [0.2, 0.25) is 0 Å². The van der Waals surface area contributed by atoms with Gasteiger partial charge in [-0.25, -0.2) is 9.67 Å². The summed E-state index contributed by atoms with van der Waals surface area (Å²) in [6, 6.07) is 0.478. The maximum absolute atomic E-state index is 4.23. The highest BCUT2D eigenvalue weighted by molar-refractivity contribution is 4.86. The van der Waals surface area contributed by atoms with Crippen LogP contribution in [0.2, 0.25) is 0 Å². The molecule has 1 saturated heterocycles. The first-order valence-electron chi connectivity index (χ1n) is 8.18. The molecule has 1 aliphatic rings. The second kappa shape index (κ2) is 7.44. The molecule has 3 heterocycles. The van der Waals surface area contributed by atoms with Crippen molar-refractivity contribution < 1.29 is 0 Å². The molecule has 1 fully saturated rings. The molecule has 22 heavy (non-hydrogen) atoms. The summed E-state index contributed by atoms with van der Waals surface area (Å²) in [4.78, 5) is 6.52. The molecule has 0 aromatic carbocycles. The molecule has 0 bridgehead atoms. The van der Waals surface area contributed by atoms with Crippen molar-refractivity contribution in [1.29, 1.82) is 0 Å². The van der Waals surface area contributed by atoms with Crippen molar-refractivity contribution in [2.45, 2.75) is 64.7 Å².